The van der Waals surface area contributed by atoms with Crippen LogP contribution in [0.2, 0.25) is 0 Å². The molecule has 2 rings (SSSR count). The van der Waals surface area contributed by atoms with Crippen LogP contribution in [0, 0.1) is 0 Å². The van der Waals surface area contributed by atoms with Crippen LogP contribution in [0.3, 0.4) is 0 Å². The lowest BCUT2D eigenvalue weighted by atomic mass is 9.97. The SMILES string of the molecule is CCCc1ccc(S(=O)(=O)NCC(C)(O)c2ccccc2)cc1. The Morgan fingerprint density at radius 3 is 2.22 bits per heavy atom. The molecule has 23 heavy (non-hydrogen) atoms. The molecule has 0 fully saturated rings. The van der Waals surface area contributed by atoms with Gasteiger partial charge in [-0.3, -0.25) is 0 Å². The van der Waals surface area contributed by atoms with E-state index in [1.54, 1.807) is 31.2 Å². The second kappa shape index (κ2) is 7.25. The van der Waals surface area contributed by atoms with Crippen molar-refractivity contribution >= 4 is 10.0 Å². The first-order valence-electron chi connectivity index (χ1n) is 7.72. The van der Waals surface area contributed by atoms with Crippen LogP contribution < -0.4 is 4.72 Å². The molecule has 1 atom stereocenters. The Balaban J connectivity index is 2.09. The summed E-state index contributed by atoms with van der Waals surface area (Å²) in [4.78, 5) is 0.209. The van der Waals surface area contributed by atoms with Gasteiger partial charge in [-0.15, -0.1) is 0 Å². The van der Waals surface area contributed by atoms with Gasteiger partial charge >= 0.3 is 0 Å². The molecule has 0 aliphatic rings. The van der Waals surface area contributed by atoms with Crippen molar-refractivity contribution < 1.29 is 13.5 Å². The van der Waals surface area contributed by atoms with Gasteiger partial charge < -0.3 is 5.11 Å². The highest BCUT2D eigenvalue weighted by Crippen LogP contribution is 2.20. The third kappa shape index (κ3) is 4.64. The van der Waals surface area contributed by atoms with E-state index < -0.39 is 15.6 Å². The maximum Gasteiger partial charge on any atom is 0.240 e. The fraction of sp³-hybridized carbons (Fsp3) is 0.333. The highest BCUT2D eigenvalue weighted by molar-refractivity contribution is 7.89. The van der Waals surface area contributed by atoms with Crippen LogP contribution in [-0.2, 0) is 22.0 Å². The standard InChI is InChI=1S/C18H23NO3S/c1-3-7-15-10-12-17(13-11-15)23(21,22)19-14-18(2,20)16-8-5-4-6-9-16/h4-6,8-13,19-20H,3,7,14H2,1-2H3. The number of rotatable bonds is 7. The van der Waals surface area contributed by atoms with Crippen LogP contribution in [0.25, 0.3) is 0 Å². The summed E-state index contributed by atoms with van der Waals surface area (Å²) >= 11 is 0. The smallest absolute Gasteiger partial charge is 0.240 e. The van der Waals surface area contributed by atoms with Gasteiger partial charge in [0, 0.05) is 6.54 Å². The Bertz CT molecular complexity index is 723. The Labute approximate surface area is 138 Å². The monoisotopic (exact) mass is 333 g/mol. The number of nitrogens with one attached hydrogen (secondary N) is 1. The fourth-order valence-corrected chi connectivity index (χ4v) is 3.47. The van der Waals surface area contributed by atoms with Crippen molar-refractivity contribution in [3.63, 3.8) is 0 Å². The quantitative estimate of drug-likeness (QED) is 0.819. The molecule has 0 amide bonds. The Morgan fingerprint density at radius 2 is 1.65 bits per heavy atom. The van der Waals surface area contributed by atoms with Gasteiger partial charge in [0.2, 0.25) is 10.0 Å². The van der Waals surface area contributed by atoms with E-state index in [0.29, 0.717) is 5.56 Å². The highest BCUT2D eigenvalue weighted by Gasteiger charge is 2.25. The molecule has 0 aliphatic heterocycles. The molecule has 0 heterocycles. The van der Waals surface area contributed by atoms with Crippen molar-refractivity contribution in [3.8, 4) is 0 Å². The van der Waals surface area contributed by atoms with Gasteiger partial charge in [0.15, 0.2) is 0 Å². The van der Waals surface area contributed by atoms with Crippen LogP contribution >= 0.6 is 0 Å². The minimum atomic E-state index is -3.64. The largest absolute Gasteiger partial charge is 0.384 e. The summed E-state index contributed by atoms with van der Waals surface area (Å²) in [7, 11) is -3.64. The zero-order valence-corrected chi connectivity index (χ0v) is 14.3. The molecule has 124 valence electrons. The minimum Gasteiger partial charge on any atom is -0.384 e. The second-order valence-corrected chi connectivity index (χ2v) is 7.63. The van der Waals surface area contributed by atoms with Gasteiger partial charge in [-0.05, 0) is 36.6 Å². The lowest BCUT2D eigenvalue weighted by Gasteiger charge is -2.24. The topological polar surface area (TPSA) is 66.4 Å². The first-order chi connectivity index (χ1) is 10.8. The predicted molar refractivity (Wildman–Crippen MR) is 91.6 cm³/mol. The van der Waals surface area contributed by atoms with Gasteiger partial charge in [-0.1, -0.05) is 55.8 Å². The van der Waals surface area contributed by atoms with E-state index in [-0.39, 0.29) is 11.4 Å². The molecule has 4 nitrogen and oxygen atoms in total. The first kappa shape index (κ1) is 17.7. The molecular weight excluding hydrogens is 310 g/mol. The average molecular weight is 333 g/mol. The van der Waals surface area contributed by atoms with Crippen LogP contribution in [0.5, 0.6) is 0 Å². The van der Waals surface area contributed by atoms with E-state index in [0.717, 1.165) is 18.4 Å². The van der Waals surface area contributed by atoms with E-state index in [2.05, 4.69) is 11.6 Å². The summed E-state index contributed by atoms with van der Waals surface area (Å²) < 4.78 is 27.2. The zero-order valence-electron chi connectivity index (χ0n) is 13.5. The Kier molecular flexibility index (Phi) is 5.57. The molecule has 1 unspecified atom stereocenters. The maximum atomic E-state index is 12.4. The average Bonchev–Trinajstić information content (AvgIpc) is 2.55. The number of aryl methyl sites for hydroxylation is 1. The molecule has 0 radical (unpaired) electrons. The molecule has 0 saturated heterocycles. The summed E-state index contributed by atoms with van der Waals surface area (Å²) in [6.45, 7) is 3.59. The minimum absolute atomic E-state index is 0.0872. The predicted octanol–water partition coefficient (Wildman–Crippen LogP) is 2.83. The summed E-state index contributed by atoms with van der Waals surface area (Å²) in [5.41, 5.74) is 0.514. The van der Waals surface area contributed by atoms with Crippen molar-refractivity contribution in [1.82, 2.24) is 4.72 Å². The van der Waals surface area contributed by atoms with Crippen LogP contribution in [0.15, 0.2) is 59.5 Å². The third-order valence-electron chi connectivity index (χ3n) is 3.77. The number of aliphatic hydroxyl groups is 1. The Morgan fingerprint density at radius 1 is 1.04 bits per heavy atom. The molecule has 2 aromatic rings. The van der Waals surface area contributed by atoms with Crippen LogP contribution in [-0.4, -0.2) is 20.1 Å². The molecule has 2 N–H and O–H groups in total. The molecular formula is C18H23NO3S. The van der Waals surface area contributed by atoms with E-state index in [1.165, 1.54) is 0 Å². The second-order valence-electron chi connectivity index (χ2n) is 5.86. The van der Waals surface area contributed by atoms with Crippen LogP contribution in [0.4, 0.5) is 0 Å². The third-order valence-corrected chi connectivity index (χ3v) is 5.19. The van der Waals surface area contributed by atoms with Gasteiger partial charge in [0.25, 0.3) is 0 Å². The molecule has 0 bridgehead atoms. The van der Waals surface area contributed by atoms with Gasteiger partial charge in [0.1, 0.15) is 5.60 Å². The summed E-state index contributed by atoms with van der Waals surface area (Å²) in [5.74, 6) is 0. The fourth-order valence-electron chi connectivity index (χ4n) is 2.34. The maximum absolute atomic E-state index is 12.4. The van der Waals surface area contributed by atoms with Crippen molar-refractivity contribution in [2.75, 3.05) is 6.54 Å². The highest BCUT2D eigenvalue weighted by atomic mass is 32.2. The summed E-state index contributed by atoms with van der Waals surface area (Å²) in [6, 6.07) is 15.9. The zero-order chi connectivity index (χ0) is 16.9. The van der Waals surface area contributed by atoms with Gasteiger partial charge in [-0.2, -0.15) is 0 Å². The van der Waals surface area contributed by atoms with Crippen LogP contribution in [0.1, 0.15) is 31.4 Å². The molecule has 0 saturated carbocycles. The lowest BCUT2D eigenvalue weighted by molar-refractivity contribution is 0.0627. The van der Waals surface area contributed by atoms with E-state index >= 15 is 0 Å². The van der Waals surface area contributed by atoms with Crippen molar-refractivity contribution in [1.29, 1.82) is 0 Å². The number of sulfonamides is 1. The van der Waals surface area contributed by atoms with Gasteiger partial charge in [0.05, 0.1) is 4.90 Å². The summed E-state index contributed by atoms with van der Waals surface area (Å²) in [5, 5.41) is 10.5. The van der Waals surface area contributed by atoms with E-state index in [9.17, 15) is 13.5 Å². The molecule has 2 aromatic carbocycles. The molecule has 0 aliphatic carbocycles. The number of benzene rings is 2. The van der Waals surface area contributed by atoms with Crippen molar-refractivity contribution in [2.24, 2.45) is 0 Å². The molecule has 0 aromatic heterocycles. The first-order valence-corrected chi connectivity index (χ1v) is 9.20. The number of hydrogen-bond donors (Lipinski definition) is 2. The molecule has 5 heteroatoms. The molecule has 0 spiro atoms. The van der Waals surface area contributed by atoms with Crippen molar-refractivity contribution in [3.05, 3.63) is 65.7 Å². The summed E-state index contributed by atoms with van der Waals surface area (Å²) in [6.07, 6.45) is 1.95. The van der Waals surface area contributed by atoms with E-state index in [4.69, 9.17) is 0 Å². The Hall–Kier alpha value is -1.69. The van der Waals surface area contributed by atoms with Gasteiger partial charge in [-0.25, -0.2) is 13.1 Å². The lowest BCUT2D eigenvalue weighted by Crippen LogP contribution is -2.38. The van der Waals surface area contributed by atoms with Crippen molar-refractivity contribution in [2.45, 2.75) is 37.2 Å². The normalized spacial score (nSPS) is 14.4. The number of hydrogen-bond acceptors (Lipinski definition) is 3. The van der Waals surface area contributed by atoms with E-state index in [1.807, 2.05) is 30.3 Å².